The SMILES string of the molecule is CC(C)(C)NCC(=O)c1ccc(OC(=O)c2ccc(C(C)(C)C)cc2)c(OC(=O)c2ccc(C(C)(C)C)cc2)c1. The summed E-state index contributed by atoms with van der Waals surface area (Å²) in [5.74, 6) is -1.36. The lowest BCUT2D eigenvalue weighted by molar-refractivity contribution is 0.0682. The average molecular weight is 544 g/mol. The molecule has 0 unspecified atom stereocenters. The van der Waals surface area contributed by atoms with Gasteiger partial charge in [0.05, 0.1) is 17.7 Å². The Hall–Kier alpha value is -3.77. The maximum Gasteiger partial charge on any atom is 0.343 e. The number of carbonyl (C=O) groups is 3. The molecule has 0 aromatic heterocycles. The molecule has 0 fully saturated rings. The summed E-state index contributed by atoms with van der Waals surface area (Å²) < 4.78 is 11.4. The lowest BCUT2D eigenvalue weighted by atomic mass is 9.87. The van der Waals surface area contributed by atoms with Gasteiger partial charge in [-0.25, -0.2) is 9.59 Å². The summed E-state index contributed by atoms with van der Waals surface area (Å²) in [5.41, 5.74) is 2.83. The van der Waals surface area contributed by atoms with Gasteiger partial charge in [-0.1, -0.05) is 65.8 Å². The van der Waals surface area contributed by atoms with Crippen LogP contribution in [0.1, 0.15) is 105 Å². The molecule has 1 N–H and O–H groups in total. The summed E-state index contributed by atoms with van der Waals surface area (Å²) in [5, 5.41) is 3.16. The highest BCUT2D eigenvalue weighted by Gasteiger charge is 2.21. The van der Waals surface area contributed by atoms with Crippen molar-refractivity contribution in [3.63, 3.8) is 0 Å². The quantitative estimate of drug-likeness (QED) is 0.191. The molecule has 3 rings (SSSR count). The van der Waals surface area contributed by atoms with Gasteiger partial charge in [-0.05, 0) is 85.2 Å². The Morgan fingerprint density at radius 2 is 0.975 bits per heavy atom. The number of esters is 2. The molecule has 0 spiro atoms. The van der Waals surface area contributed by atoms with Crippen LogP contribution < -0.4 is 14.8 Å². The molecular formula is C34H41NO5. The summed E-state index contributed by atoms with van der Waals surface area (Å²) >= 11 is 0. The van der Waals surface area contributed by atoms with E-state index in [1.807, 2.05) is 45.0 Å². The predicted octanol–water partition coefficient (Wildman–Crippen LogP) is 7.29. The molecule has 212 valence electrons. The van der Waals surface area contributed by atoms with E-state index >= 15 is 0 Å². The van der Waals surface area contributed by atoms with Crippen LogP contribution >= 0.6 is 0 Å². The fraction of sp³-hybridized carbons (Fsp3) is 0.382. The third kappa shape index (κ3) is 8.36. The van der Waals surface area contributed by atoms with Gasteiger partial charge in [0.25, 0.3) is 0 Å². The number of nitrogens with one attached hydrogen (secondary N) is 1. The van der Waals surface area contributed by atoms with Crippen molar-refractivity contribution >= 4 is 17.7 Å². The van der Waals surface area contributed by atoms with Crippen molar-refractivity contribution in [3.8, 4) is 11.5 Å². The van der Waals surface area contributed by atoms with Crippen LogP contribution in [0.15, 0.2) is 66.7 Å². The number of Topliss-reactive ketones (excluding diaryl/α,β-unsaturated/α-hetero) is 1. The van der Waals surface area contributed by atoms with Gasteiger partial charge < -0.3 is 14.8 Å². The van der Waals surface area contributed by atoms with Crippen LogP contribution in [0, 0.1) is 0 Å². The molecule has 0 saturated carbocycles. The van der Waals surface area contributed by atoms with E-state index < -0.39 is 11.9 Å². The van der Waals surface area contributed by atoms with Gasteiger partial charge in [0.1, 0.15) is 0 Å². The van der Waals surface area contributed by atoms with Crippen molar-refractivity contribution in [2.45, 2.75) is 78.7 Å². The Balaban J connectivity index is 1.90. The number of ether oxygens (including phenoxy) is 2. The number of carbonyl (C=O) groups excluding carboxylic acids is 3. The third-order valence-electron chi connectivity index (χ3n) is 6.42. The van der Waals surface area contributed by atoms with Gasteiger partial charge in [-0.2, -0.15) is 0 Å². The fourth-order valence-electron chi connectivity index (χ4n) is 3.82. The second-order valence-corrected chi connectivity index (χ2v) is 13.1. The van der Waals surface area contributed by atoms with E-state index in [1.165, 1.54) is 12.1 Å². The number of hydrogen-bond donors (Lipinski definition) is 1. The fourth-order valence-corrected chi connectivity index (χ4v) is 3.82. The minimum Gasteiger partial charge on any atom is -0.419 e. The van der Waals surface area contributed by atoms with Crippen molar-refractivity contribution in [1.82, 2.24) is 5.32 Å². The van der Waals surface area contributed by atoms with Crippen LogP contribution in [0.2, 0.25) is 0 Å². The van der Waals surface area contributed by atoms with Gasteiger partial charge in [-0.15, -0.1) is 0 Å². The second-order valence-electron chi connectivity index (χ2n) is 13.1. The molecule has 0 radical (unpaired) electrons. The monoisotopic (exact) mass is 543 g/mol. The van der Waals surface area contributed by atoms with E-state index in [9.17, 15) is 14.4 Å². The van der Waals surface area contributed by atoms with E-state index in [-0.39, 0.29) is 40.2 Å². The topological polar surface area (TPSA) is 81.7 Å². The minimum absolute atomic E-state index is 0.00818. The van der Waals surface area contributed by atoms with Crippen LogP contribution in [0.3, 0.4) is 0 Å². The molecule has 0 aliphatic carbocycles. The van der Waals surface area contributed by atoms with E-state index in [2.05, 4.69) is 46.9 Å². The highest BCUT2D eigenvalue weighted by atomic mass is 16.6. The van der Waals surface area contributed by atoms with Crippen molar-refractivity contribution < 1.29 is 23.9 Å². The predicted molar refractivity (Wildman–Crippen MR) is 159 cm³/mol. The second kappa shape index (κ2) is 11.8. The zero-order valence-corrected chi connectivity index (χ0v) is 25.1. The Kier molecular flexibility index (Phi) is 9.05. The first-order chi connectivity index (χ1) is 18.4. The molecule has 0 aliphatic heterocycles. The van der Waals surface area contributed by atoms with Gasteiger partial charge in [0.2, 0.25) is 0 Å². The van der Waals surface area contributed by atoms with Crippen molar-refractivity contribution in [2.24, 2.45) is 0 Å². The highest BCUT2D eigenvalue weighted by Crippen LogP contribution is 2.31. The normalized spacial score (nSPS) is 12.1. The average Bonchev–Trinajstić information content (AvgIpc) is 2.87. The van der Waals surface area contributed by atoms with E-state index in [4.69, 9.17) is 9.47 Å². The van der Waals surface area contributed by atoms with E-state index in [1.54, 1.807) is 30.3 Å². The molecule has 0 bridgehead atoms. The van der Waals surface area contributed by atoms with Crippen molar-refractivity contribution in [2.75, 3.05) is 6.54 Å². The van der Waals surface area contributed by atoms with Gasteiger partial charge in [0.15, 0.2) is 17.3 Å². The lowest BCUT2D eigenvalue weighted by Crippen LogP contribution is -2.39. The van der Waals surface area contributed by atoms with Crippen LogP contribution in [0.5, 0.6) is 11.5 Å². The smallest absolute Gasteiger partial charge is 0.343 e. The van der Waals surface area contributed by atoms with Crippen LogP contribution in [-0.2, 0) is 10.8 Å². The van der Waals surface area contributed by atoms with E-state index in [0.717, 1.165) is 11.1 Å². The number of rotatable bonds is 7. The largest absolute Gasteiger partial charge is 0.419 e. The molecule has 0 saturated heterocycles. The first-order valence-corrected chi connectivity index (χ1v) is 13.5. The van der Waals surface area contributed by atoms with E-state index in [0.29, 0.717) is 16.7 Å². The number of hydrogen-bond acceptors (Lipinski definition) is 6. The number of benzene rings is 3. The lowest BCUT2D eigenvalue weighted by Gasteiger charge is -2.20. The zero-order valence-electron chi connectivity index (χ0n) is 25.1. The van der Waals surface area contributed by atoms with Gasteiger partial charge in [0, 0.05) is 11.1 Å². The highest BCUT2D eigenvalue weighted by molar-refractivity contribution is 5.99. The molecule has 0 heterocycles. The molecule has 6 nitrogen and oxygen atoms in total. The third-order valence-corrected chi connectivity index (χ3v) is 6.42. The number of ketones is 1. The maximum atomic E-state index is 13.1. The summed E-state index contributed by atoms with van der Waals surface area (Å²) in [6.07, 6.45) is 0. The molecule has 40 heavy (non-hydrogen) atoms. The molecule has 6 heteroatoms. The van der Waals surface area contributed by atoms with Crippen molar-refractivity contribution in [1.29, 1.82) is 0 Å². The first-order valence-electron chi connectivity index (χ1n) is 13.5. The maximum absolute atomic E-state index is 13.1. The molecule has 0 amide bonds. The molecule has 3 aromatic rings. The van der Waals surface area contributed by atoms with Crippen molar-refractivity contribution in [3.05, 3.63) is 94.5 Å². The van der Waals surface area contributed by atoms with Crippen LogP contribution in [-0.4, -0.2) is 29.8 Å². The van der Waals surface area contributed by atoms with Gasteiger partial charge >= 0.3 is 11.9 Å². The molecule has 0 aliphatic rings. The standard InChI is InChI=1S/C34H41NO5/c1-32(2,3)25-15-10-22(11-16-25)30(37)39-28-19-14-24(27(36)21-35-34(7,8)9)20-29(28)40-31(38)23-12-17-26(18-13-23)33(4,5)6/h10-20,35H,21H2,1-9H3. The van der Waals surface area contributed by atoms with Crippen LogP contribution in [0.25, 0.3) is 0 Å². The minimum atomic E-state index is -0.621. The Labute approximate surface area is 238 Å². The first kappa shape index (κ1) is 30.8. The summed E-state index contributed by atoms with van der Waals surface area (Å²) in [4.78, 5) is 39.0. The molecular weight excluding hydrogens is 502 g/mol. The Morgan fingerprint density at radius 1 is 0.575 bits per heavy atom. The summed E-state index contributed by atoms with van der Waals surface area (Å²) in [6, 6.07) is 18.9. The summed E-state index contributed by atoms with van der Waals surface area (Å²) in [7, 11) is 0. The summed E-state index contributed by atoms with van der Waals surface area (Å²) in [6.45, 7) is 18.6. The molecule has 3 aromatic carbocycles. The van der Waals surface area contributed by atoms with Gasteiger partial charge in [-0.3, -0.25) is 4.79 Å². The zero-order chi connectivity index (χ0) is 29.9. The Bertz CT molecular complexity index is 1370. The van der Waals surface area contributed by atoms with Crippen LogP contribution in [0.4, 0.5) is 0 Å². The Morgan fingerprint density at radius 3 is 1.38 bits per heavy atom. The molecule has 0 atom stereocenters.